The Hall–Kier alpha value is -3.15. The van der Waals surface area contributed by atoms with Crippen molar-refractivity contribution in [2.45, 2.75) is 0 Å². The van der Waals surface area contributed by atoms with Crippen molar-refractivity contribution in [3.8, 4) is 0 Å². The Morgan fingerprint density at radius 1 is 1.09 bits per heavy atom. The number of nitrogens with zero attached hydrogens (tertiary/aromatic N) is 1. The Bertz CT molecular complexity index is 726. The molecule has 0 radical (unpaired) electrons. The van der Waals surface area contributed by atoms with E-state index in [9.17, 15) is 14.4 Å². The molecule has 6 heteroatoms. The van der Waals surface area contributed by atoms with Crippen LogP contribution in [-0.2, 0) is 9.53 Å². The van der Waals surface area contributed by atoms with Crippen LogP contribution in [0.2, 0.25) is 0 Å². The van der Waals surface area contributed by atoms with Crippen molar-refractivity contribution < 1.29 is 23.5 Å². The Morgan fingerprint density at radius 2 is 1.77 bits per heavy atom. The van der Waals surface area contributed by atoms with Crippen molar-refractivity contribution in [3.63, 3.8) is 0 Å². The third kappa shape index (κ3) is 2.54. The van der Waals surface area contributed by atoms with E-state index in [0.29, 0.717) is 16.9 Å². The standard InChI is InChI=1S/C16H11NO5/c18-14(8-7-11-4-3-9-21-11)22-10-17-15(19)12-5-1-2-6-13(12)16(17)20/h1-9H,10H2. The van der Waals surface area contributed by atoms with Gasteiger partial charge in [0.15, 0.2) is 6.73 Å². The van der Waals surface area contributed by atoms with Gasteiger partial charge in [-0.1, -0.05) is 12.1 Å². The summed E-state index contributed by atoms with van der Waals surface area (Å²) in [6.45, 7) is -0.423. The lowest BCUT2D eigenvalue weighted by Crippen LogP contribution is -2.32. The zero-order valence-corrected chi connectivity index (χ0v) is 11.4. The van der Waals surface area contributed by atoms with Crippen LogP contribution in [0.25, 0.3) is 6.08 Å². The molecule has 0 N–H and O–H groups in total. The summed E-state index contributed by atoms with van der Waals surface area (Å²) in [6.07, 6.45) is 4.07. The van der Waals surface area contributed by atoms with Gasteiger partial charge in [0.25, 0.3) is 11.8 Å². The number of carbonyl (C=O) groups is 3. The summed E-state index contributed by atoms with van der Waals surface area (Å²) in [5, 5.41) is 0. The van der Waals surface area contributed by atoms with Crippen LogP contribution in [0.4, 0.5) is 0 Å². The number of hydrogen-bond donors (Lipinski definition) is 0. The predicted molar refractivity (Wildman–Crippen MR) is 75.6 cm³/mol. The number of amides is 2. The molecule has 0 atom stereocenters. The molecule has 1 aromatic heterocycles. The number of esters is 1. The normalized spacial score (nSPS) is 13.7. The van der Waals surface area contributed by atoms with Crippen molar-refractivity contribution in [3.05, 3.63) is 65.6 Å². The third-order valence-electron chi connectivity index (χ3n) is 3.14. The molecular formula is C16H11NO5. The van der Waals surface area contributed by atoms with Gasteiger partial charge in [-0.05, 0) is 30.3 Å². The van der Waals surface area contributed by atoms with Crippen LogP contribution in [0.3, 0.4) is 0 Å². The fourth-order valence-electron chi connectivity index (χ4n) is 2.07. The van der Waals surface area contributed by atoms with Crippen molar-refractivity contribution in [1.82, 2.24) is 4.90 Å². The number of rotatable bonds is 4. The molecular weight excluding hydrogens is 286 g/mol. The molecule has 2 heterocycles. The maximum Gasteiger partial charge on any atom is 0.332 e. The molecule has 110 valence electrons. The molecule has 1 aliphatic rings. The molecule has 0 unspecified atom stereocenters. The van der Waals surface area contributed by atoms with Crippen LogP contribution < -0.4 is 0 Å². The maximum absolute atomic E-state index is 12.0. The van der Waals surface area contributed by atoms with E-state index >= 15 is 0 Å². The number of benzene rings is 1. The quantitative estimate of drug-likeness (QED) is 0.490. The van der Waals surface area contributed by atoms with E-state index in [4.69, 9.17) is 9.15 Å². The molecule has 0 bridgehead atoms. The average molecular weight is 297 g/mol. The first-order valence-corrected chi connectivity index (χ1v) is 6.50. The molecule has 2 aromatic rings. The van der Waals surface area contributed by atoms with E-state index < -0.39 is 24.5 Å². The maximum atomic E-state index is 12.0. The number of carbonyl (C=O) groups excluding carboxylic acids is 3. The van der Waals surface area contributed by atoms with Gasteiger partial charge in [-0.2, -0.15) is 0 Å². The van der Waals surface area contributed by atoms with E-state index in [-0.39, 0.29) is 0 Å². The Morgan fingerprint density at radius 3 is 2.36 bits per heavy atom. The number of furan rings is 1. The lowest BCUT2D eigenvalue weighted by molar-refractivity contribution is -0.140. The van der Waals surface area contributed by atoms with Gasteiger partial charge in [-0.3, -0.25) is 9.59 Å². The molecule has 2 amide bonds. The van der Waals surface area contributed by atoms with Gasteiger partial charge in [0.2, 0.25) is 0 Å². The van der Waals surface area contributed by atoms with Gasteiger partial charge in [-0.25, -0.2) is 9.69 Å². The first-order valence-electron chi connectivity index (χ1n) is 6.50. The minimum atomic E-state index is -0.673. The number of imide groups is 1. The summed E-state index contributed by atoms with van der Waals surface area (Å²) in [5.41, 5.74) is 0.629. The summed E-state index contributed by atoms with van der Waals surface area (Å²) in [4.78, 5) is 36.6. The Kier molecular flexibility index (Phi) is 3.57. The second kappa shape index (κ2) is 5.69. The number of hydrogen-bond acceptors (Lipinski definition) is 5. The highest BCUT2D eigenvalue weighted by Crippen LogP contribution is 2.22. The predicted octanol–water partition coefficient (Wildman–Crippen LogP) is 2.09. The van der Waals surface area contributed by atoms with Gasteiger partial charge < -0.3 is 9.15 Å². The molecule has 1 aliphatic heterocycles. The highest BCUT2D eigenvalue weighted by molar-refractivity contribution is 6.21. The molecule has 0 saturated carbocycles. The molecule has 3 rings (SSSR count). The monoisotopic (exact) mass is 297 g/mol. The van der Waals surface area contributed by atoms with Crippen LogP contribution in [0.15, 0.2) is 53.2 Å². The molecule has 0 fully saturated rings. The largest absolute Gasteiger partial charge is 0.465 e. The van der Waals surface area contributed by atoms with Crippen molar-refractivity contribution >= 4 is 23.9 Å². The SMILES string of the molecule is O=C(C=Cc1ccco1)OCN1C(=O)c2ccccc2C1=O. The summed E-state index contributed by atoms with van der Waals surface area (Å²) >= 11 is 0. The summed E-state index contributed by atoms with van der Waals surface area (Å²) < 4.78 is 9.94. The van der Waals surface area contributed by atoms with Gasteiger partial charge >= 0.3 is 5.97 Å². The van der Waals surface area contributed by atoms with E-state index in [1.165, 1.54) is 12.3 Å². The lowest BCUT2D eigenvalue weighted by atomic mass is 10.1. The molecule has 0 saturated heterocycles. The number of fused-ring (bicyclic) bond motifs is 1. The molecule has 22 heavy (non-hydrogen) atoms. The lowest BCUT2D eigenvalue weighted by Gasteiger charge is -2.12. The first-order chi connectivity index (χ1) is 10.7. The first kappa shape index (κ1) is 13.8. The summed E-state index contributed by atoms with van der Waals surface area (Å²) in [6, 6.07) is 9.83. The number of ether oxygens (including phenoxy) is 1. The topological polar surface area (TPSA) is 76.8 Å². The van der Waals surface area contributed by atoms with Gasteiger partial charge in [-0.15, -0.1) is 0 Å². The second-order valence-electron chi connectivity index (χ2n) is 4.53. The minimum absolute atomic E-state index is 0.315. The highest BCUT2D eigenvalue weighted by atomic mass is 16.5. The van der Waals surface area contributed by atoms with Gasteiger partial charge in [0, 0.05) is 6.08 Å². The molecule has 6 nitrogen and oxygen atoms in total. The van der Waals surface area contributed by atoms with Crippen LogP contribution in [0.5, 0.6) is 0 Å². The second-order valence-corrected chi connectivity index (χ2v) is 4.53. The fourth-order valence-corrected chi connectivity index (χ4v) is 2.07. The van der Waals surface area contributed by atoms with Crippen LogP contribution in [-0.4, -0.2) is 29.4 Å². The van der Waals surface area contributed by atoms with Gasteiger partial charge in [0.1, 0.15) is 5.76 Å². The Labute approximate surface area is 125 Å². The van der Waals surface area contributed by atoms with E-state index in [1.807, 2.05) is 0 Å². The van der Waals surface area contributed by atoms with Crippen molar-refractivity contribution in [2.24, 2.45) is 0 Å². The summed E-state index contributed by atoms with van der Waals surface area (Å²) in [7, 11) is 0. The van der Waals surface area contributed by atoms with Crippen molar-refractivity contribution in [2.75, 3.05) is 6.73 Å². The third-order valence-corrected chi connectivity index (χ3v) is 3.14. The van der Waals surface area contributed by atoms with E-state index in [0.717, 1.165) is 11.0 Å². The minimum Gasteiger partial charge on any atom is -0.465 e. The van der Waals surface area contributed by atoms with E-state index in [2.05, 4.69) is 0 Å². The summed E-state index contributed by atoms with van der Waals surface area (Å²) in [5.74, 6) is -1.11. The van der Waals surface area contributed by atoms with Crippen molar-refractivity contribution in [1.29, 1.82) is 0 Å². The van der Waals surface area contributed by atoms with Crippen LogP contribution >= 0.6 is 0 Å². The highest BCUT2D eigenvalue weighted by Gasteiger charge is 2.35. The molecule has 1 aromatic carbocycles. The average Bonchev–Trinajstić information content (AvgIpc) is 3.13. The fraction of sp³-hybridized carbons (Fsp3) is 0.0625. The smallest absolute Gasteiger partial charge is 0.332 e. The molecule has 0 aliphatic carbocycles. The zero-order valence-electron chi connectivity index (χ0n) is 11.4. The zero-order chi connectivity index (χ0) is 15.5. The van der Waals surface area contributed by atoms with E-state index in [1.54, 1.807) is 36.4 Å². The van der Waals surface area contributed by atoms with Gasteiger partial charge in [0.05, 0.1) is 17.4 Å². The Balaban J connectivity index is 1.62. The van der Waals surface area contributed by atoms with Crippen LogP contribution in [0.1, 0.15) is 26.5 Å². The molecule has 0 spiro atoms. The van der Waals surface area contributed by atoms with Crippen LogP contribution in [0, 0.1) is 0 Å².